The first kappa shape index (κ1) is 17.7. The van der Waals surface area contributed by atoms with Gasteiger partial charge >= 0.3 is 5.97 Å². The van der Waals surface area contributed by atoms with E-state index in [0.29, 0.717) is 35.0 Å². The van der Waals surface area contributed by atoms with E-state index in [2.05, 4.69) is 0 Å². The second kappa shape index (κ2) is 7.42. The molecule has 25 heavy (non-hydrogen) atoms. The van der Waals surface area contributed by atoms with Crippen LogP contribution in [0.25, 0.3) is 6.08 Å². The molecule has 0 aromatic heterocycles. The highest BCUT2D eigenvalue weighted by atomic mass is 35.5. The molecule has 1 aromatic rings. The summed E-state index contributed by atoms with van der Waals surface area (Å²) in [5, 5.41) is 0.516. The summed E-state index contributed by atoms with van der Waals surface area (Å²) in [5.74, 6) is -0.757. The van der Waals surface area contributed by atoms with Crippen molar-refractivity contribution in [3.05, 3.63) is 51.7 Å². The number of carbonyl (C=O) groups is 2. The van der Waals surface area contributed by atoms with Gasteiger partial charge in [-0.25, -0.2) is 4.79 Å². The molecule has 6 heteroatoms. The SMILES string of the molecule is COC(=O)C1=C(C)N(CC2CCCO2)C(=O)/C1=C\c1ccccc1Cl. The van der Waals surface area contributed by atoms with Crippen LogP contribution in [0.3, 0.4) is 0 Å². The van der Waals surface area contributed by atoms with Crippen LogP contribution in [-0.4, -0.2) is 43.1 Å². The molecule has 2 aliphatic rings. The summed E-state index contributed by atoms with van der Waals surface area (Å²) in [6, 6.07) is 7.19. The lowest BCUT2D eigenvalue weighted by molar-refractivity contribution is -0.136. The highest BCUT2D eigenvalue weighted by Crippen LogP contribution is 2.33. The number of hydrogen-bond acceptors (Lipinski definition) is 4. The summed E-state index contributed by atoms with van der Waals surface area (Å²) < 4.78 is 10.5. The second-order valence-corrected chi connectivity index (χ2v) is 6.49. The first-order valence-electron chi connectivity index (χ1n) is 8.22. The van der Waals surface area contributed by atoms with Gasteiger partial charge in [0.15, 0.2) is 0 Å². The number of ether oxygens (including phenoxy) is 2. The third kappa shape index (κ3) is 3.48. The molecule has 0 aliphatic carbocycles. The molecule has 1 amide bonds. The van der Waals surface area contributed by atoms with Gasteiger partial charge < -0.3 is 14.4 Å². The Kier molecular flexibility index (Phi) is 5.25. The Balaban J connectivity index is 2.00. The predicted molar refractivity (Wildman–Crippen MR) is 94.8 cm³/mol. The Morgan fingerprint density at radius 3 is 2.84 bits per heavy atom. The van der Waals surface area contributed by atoms with Gasteiger partial charge in [-0.2, -0.15) is 0 Å². The molecule has 2 heterocycles. The van der Waals surface area contributed by atoms with Crippen LogP contribution in [0.2, 0.25) is 5.02 Å². The molecule has 1 unspecified atom stereocenters. The molecular weight excluding hydrogens is 342 g/mol. The summed E-state index contributed by atoms with van der Waals surface area (Å²) in [4.78, 5) is 26.8. The standard InChI is InChI=1S/C19H20ClNO4/c1-12-17(19(23)24-2)15(10-13-6-3-4-8-16(13)20)18(22)21(12)11-14-7-5-9-25-14/h3-4,6,8,10,14H,5,7,9,11H2,1-2H3/b15-10-. The monoisotopic (exact) mass is 361 g/mol. The molecule has 0 N–H and O–H groups in total. The molecule has 0 spiro atoms. The molecule has 0 bridgehead atoms. The topological polar surface area (TPSA) is 55.8 Å². The molecule has 132 valence electrons. The van der Waals surface area contributed by atoms with Crippen molar-refractivity contribution >= 4 is 29.6 Å². The van der Waals surface area contributed by atoms with Crippen molar-refractivity contribution in [2.24, 2.45) is 0 Å². The van der Waals surface area contributed by atoms with E-state index in [1.165, 1.54) is 7.11 Å². The van der Waals surface area contributed by atoms with E-state index in [1.807, 2.05) is 12.1 Å². The number of methoxy groups -OCH3 is 1. The minimum atomic E-state index is -0.529. The Morgan fingerprint density at radius 1 is 1.44 bits per heavy atom. The Labute approximate surface area is 151 Å². The Morgan fingerprint density at radius 2 is 2.20 bits per heavy atom. The first-order valence-corrected chi connectivity index (χ1v) is 8.60. The lowest BCUT2D eigenvalue weighted by atomic mass is 10.0. The lowest BCUT2D eigenvalue weighted by Crippen LogP contribution is -2.33. The van der Waals surface area contributed by atoms with Crippen molar-refractivity contribution in [2.45, 2.75) is 25.9 Å². The van der Waals surface area contributed by atoms with Crippen molar-refractivity contribution < 1.29 is 19.1 Å². The molecule has 1 atom stereocenters. The van der Waals surface area contributed by atoms with Gasteiger partial charge in [0, 0.05) is 17.3 Å². The fraction of sp³-hybridized carbons (Fsp3) is 0.368. The number of carbonyl (C=O) groups excluding carboxylic acids is 2. The highest BCUT2D eigenvalue weighted by molar-refractivity contribution is 6.32. The maximum atomic E-state index is 13.0. The third-order valence-corrected chi connectivity index (χ3v) is 4.86. The summed E-state index contributed by atoms with van der Waals surface area (Å²) in [6.07, 6.45) is 3.55. The summed E-state index contributed by atoms with van der Waals surface area (Å²) >= 11 is 6.20. The van der Waals surface area contributed by atoms with Gasteiger partial charge in [0.25, 0.3) is 5.91 Å². The van der Waals surface area contributed by atoms with Gasteiger partial charge in [-0.05, 0) is 37.5 Å². The largest absolute Gasteiger partial charge is 0.465 e. The lowest BCUT2D eigenvalue weighted by Gasteiger charge is -2.21. The van der Waals surface area contributed by atoms with Gasteiger partial charge in [0.1, 0.15) is 0 Å². The molecule has 1 saturated heterocycles. The van der Waals surface area contributed by atoms with Gasteiger partial charge in [-0.1, -0.05) is 29.8 Å². The average Bonchev–Trinajstić information content (AvgIpc) is 3.19. The fourth-order valence-corrected chi connectivity index (χ4v) is 3.38. The molecule has 5 nitrogen and oxygen atoms in total. The van der Waals surface area contributed by atoms with Gasteiger partial charge in [-0.3, -0.25) is 4.79 Å². The van der Waals surface area contributed by atoms with Crippen molar-refractivity contribution in [3.63, 3.8) is 0 Å². The number of hydrogen-bond donors (Lipinski definition) is 0. The van der Waals surface area contributed by atoms with E-state index in [1.54, 1.807) is 30.0 Å². The summed E-state index contributed by atoms with van der Waals surface area (Å²) in [7, 11) is 1.31. The minimum absolute atomic E-state index is 0.00235. The zero-order valence-electron chi connectivity index (χ0n) is 14.3. The number of rotatable bonds is 4. The number of esters is 1. The van der Waals surface area contributed by atoms with Gasteiger partial charge in [-0.15, -0.1) is 0 Å². The molecule has 0 radical (unpaired) electrons. The Hall–Kier alpha value is -2.11. The van der Waals surface area contributed by atoms with Crippen LogP contribution >= 0.6 is 11.6 Å². The first-order chi connectivity index (χ1) is 12.0. The van der Waals surface area contributed by atoms with E-state index in [0.717, 1.165) is 12.8 Å². The highest BCUT2D eigenvalue weighted by Gasteiger charge is 2.38. The normalized spacial score (nSPS) is 22.2. The van der Waals surface area contributed by atoms with Crippen LogP contribution in [0.5, 0.6) is 0 Å². The zero-order chi connectivity index (χ0) is 18.0. The van der Waals surface area contributed by atoms with Crippen molar-refractivity contribution in [2.75, 3.05) is 20.3 Å². The van der Waals surface area contributed by atoms with Crippen molar-refractivity contribution in [1.29, 1.82) is 0 Å². The smallest absolute Gasteiger partial charge is 0.340 e. The average molecular weight is 362 g/mol. The van der Waals surface area contributed by atoms with Crippen LogP contribution in [0, 0.1) is 0 Å². The number of amides is 1. The van der Waals surface area contributed by atoms with Crippen LogP contribution in [0.15, 0.2) is 41.1 Å². The predicted octanol–water partition coefficient (Wildman–Crippen LogP) is 3.19. The second-order valence-electron chi connectivity index (χ2n) is 6.08. The maximum absolute atomic E-state index is 13.0. The van der Waals surface area contributed by atoms with Crippen LogP contribution in [-0.2, 0) is 19.1 Å². The molecule has 0 saturated carbocycles. The molecule has 3 rings (SSSR count). The van der Waals surface area contributed by atoms with Crippen LogP contribution in [0.1, 0.15) is 25.3 Å². The fourth-order valence-electron chi connectivity index (χ4n) is 3.19. The van der Waals surface area contributed by atoms with E-state index in [-0.39, 0.29) is 17.6 Å². The molecule has 2 aliphatic heterocycles. The maximum Gasteiger partial charge on any atom is 0.340 e. The summed E-state index contributed by atoms with van der Waals surface area (Å²) in [6.45, 7) is 2.90. The zero-order valence-corrected chi connectivity index (χ0v) is 15.0. The molecule has 1 aromatic carbocycles. The molecule has 1 fully saturated rings. The van der Waals surface area contributed by atoms with Crippen molar-refractivity contribution in [3.8, 4) is 0 Å². The number of halogens is 1. The summed E-state index contributed by atoms with van der Waals surface area (Å²) in [5.41, 5.74) is 1.85. The number of nitrogens with zero attached hydrogens (tertiary/aromatic N) is 1. The number of allylic oxidation sites excluding steroid dienone is 1. The van der Waals surface area contributed by atoms with Gasteiger partial charge in [0.05, 0.1) is 30.9 Å². The minimum Gasteiger partial charge on any atom is -0.465 e. The van der Waals surface area contributed by atoms with E-state index in [4.69, 9.17) is 21.1 Å². The number of benzene rings is 1. The third-order valence-electron chi connectivity index (χ3n) is 4.52. The molecular formula is C19H20ClNO4. The van der Waals surface area contributed by atoms with E-state index >= 15 is 0 Å². The van der Waals surface area contributed by atoms with Crippen molar-refractivity contribution in [1.82, 2.24) is 4.90 Å². The van der Waals surface area contributed by atoms with Crippen LogP contribution < -0.4 is 0 Å². The van der Waals surface area contributed by atoms with E-state index in [9.17, 15) is 9.59 Å². The Bertz CT molecular complexity index is 762. The van der Waals surface area contributed by atoms with Gasteiger partial charge in [0.2, 0.25) is 0 Å². The van der Waals surface area contributed by atoms with E-state index < -0.39 is 5.97 Å². The van der Waals surface area contributed by atoms with Crippen LogP contribution in [0.4, 0.5) is 0 Å². The quantitative estimate of drug-likeness (QED) is 0.610.